The number of carboxylic acids is 1. The molecule has 0 aliphatic heterocycles. The Labute approximate surface area is 125 Å². The molecule has 7 heteroatoms. The summed E-state index contributed by atoms with van der Waals surface area (Å²) in [5.74, 6) is -0.391. The molecule has 20 heavy (non-hydrogen) atoms. The third-order valence-corrected chi connectivity index (χ3v) is 2.95. The predicted octanol–water partition coefficient (Wildman–Crippen LogP) is 2.92. The molecule has 0 radical (unpaired) electrons. The molecule has 0 saturated carbocycles. The zero-order valence-electron chi connectivity index (χ0n) is 11.0. The van der Waals surface area contributed by atoms with Crippen LogP contribution in [0.1, 0.15) is 44.3 Å². The van der Waals surface area contributed by atoms with Gasteiger partial charge in [0, 0.05) is 12.8 Å². The summed E-state index contributed by atoms with van der Waals surface area (Å²) < 4.78 is 5.78. The van der Waals surface area contributed by atoms with Crippen molar-refractivity contribution in [2.24, 2.45) is 5.10 Å². The minimum atomic E-state index is -0.776. The topological polar surface area (TPSA) is 91.9 Å². The molecule has 1 amide bonds. The summed E-state index contributed by atoms with van der Waals surface area (Å²) in [5, 5.41) is 12.2. The van der Waals surface area contributed by atoms with Crippen LogP contribution < -0.4 is 5.43 Å². The molecule has 1 rings (SSSR count). The Kier molecular flexibility index (Phi) is 7.64. The summed E-state index contributed by atoms with van der Waals surface area (Å²) in [7, 11) is 0. The van der Waals surface area contributed by atoms with Gasteiger partial charge in [-0.15, -0.1) is 0 Å². The Bertz CT molecular complexity index is 471. The van der Waals surface area contributed by atoms with E-state index in [0.717, 1.165) is 19.3 Å². The summed E-state index contributed by atoms with van der Waals surface area (Å²) in [6.45, 7) is 0. The third kappa shape index (κ3) is 7.73. The highest BCUT2D eigenvalue weighted by Gasteiger charge is 2.01. The molecule has 0 saturated heterocycles. The summed E-state index contributed by atoms with van der Waals surface area (Å²) >= 11 is 3.16. The maximum atomic E-state index is 11.4. The van der Waals surface area contributed by atoms with E-state index in [4.69, 9.17) is 9.52 Å². The van der Waals surface area contributed by atoms with Gasteiger partial charge in [-0.25, -0.2) is 5.43 Å². The Morgan fingerprint density at radius 2 is 1.95 bits per heavy atom. The Morgan fingerprint density at radius 1 is 1.25 bits per heavy atom. The molecular weight excluding hydrogens is 328 g/mol. The van der Waals surface area contributed by atoms with Gasteiger partial charge in [-0.2, -0.15) is 5.10 Å². The van der Waals surface area contributed by atoms with Crippen LogP contribution in [0.4, 0.5) is 0 Å². The first-order valence-corrected chi connectivity index (χ1v) is 7.16. The fraction of sp³-hybridized carbons (Fsp3) is 0.462. The molecule has 1 aromatic heterocycles. The van der Waals surface area contributed by atoms with Crippen molar-refractivity contribution in [1.29, 1.82) is 0 Å². The van der Waals surface area contributed by atoms with Crippen molar-refractivity contribution in [3.8, 4) is 0 Å². The van der Waals surface area contributed by atoms with Crippen LogP contribution in [0.3, 0.4) is 0 Å². The number of nitrogens with zero attached hydrogens (tertiary/aromatic N) is 1. The number of amides is 1. The fourth-order valence-corrected chi connectivity index (χ4v) is 1.86. The van der Waals surface area contributed by atoms with Crippen LogP contribution in [0.2, 0.25) is 0 Å². The quantitative estimate of drug-likeness (QED) is 0.409. The van der Waals surface area contributed by atoms with Gasteiger partial charge in [0.15, 0.2) is 4.67 Å². The minimum Gasteiger partial charge on any atom is -0.481 e. The van der Waals surface area contributed by atoms with Crippen molar-refractivity contribution in [3.63, 3.8) is 0 Å². The highest BCUT2D eigenvalue weighted by Crippen LogP contribution is 2.12. The van der Waals surface area contributed by atoms with Crippen molar-refractivity contribution in [2.45, 2.75) is 38.5 Å². The van der Waals surface area contributed by atoms with E-state index in [-0.39, 0.29) is 12.3 Å². The van der Waals surface area contributed by atoms with Gasteiger partial charge >= 0.3 is 5.97 Å². The van der Waals surface area contributed by atoms with Crippen molar-refractivity contribution in [1.82, 2.24) is 5.43 Å². The number of carbonyl (C=O) groups is 2. The highest BCUT2D eigenvalue weighted by atomic mass is 79.9. The van der Waals surface area contributed by atoms with Crippen LogP contribution in [0.15, 0.2) is 26.3 Å². The van der Waals surface area contributed by atoms with Crippen LogP contribution in [0, 0.1) is 0 Å². The predicted molar refractivity (Wildman–Crippen MR) is 77.5 cm³/mol. The van der Waals surface area contributed by atoms with Gasteiger partial charge in [0.05, 0.1) is 6.21 Å². The molecule has 0 aliphatic rings. The molecule has 1 aromatic rings. The van der Waals surface area contributed by atoms with Crippen LogP contribution in [-0.2, 0) is 9.59 Å². The van der Waals surface area contributed by atoms with E-state index in [1.54, 1.807) is 12.1 Å². The molecule has 110 valence electrons. The second-order valence-electron chi connectivity index (χ2n) is 4.24. The maximum absolute atomic E-state index is 11.4. The monoisotopic (exact) mass is 344 g/mol. The summed E-state index contributed by atoms with van der Waals surface area (Å²) in [5.41, 5.74) is 2.41. The molecule has 0 spiro atoms. The Balaban J connectivity index is 2.06. The Hall–Kier alpha value is -1.63. The van der Waals surface area contributed by atoms with E-state index in [9.17, 15) is 9.59 Å². The summed E-state index contributed by atoms with van der Waals surface area (Å²) in [6.07, 6.45) is 5.05. The van der Waals surface area contributed by atoms with E-state index in [1.807, 2.05) is 0 Å². The lowest BCUT2D eigenvalue weighted by Gasteiger charge is -2.00. The number of hydrogen-bond donors (Lipinski definition) is 2. The number of hydrazone groups is 1. The van der Waals surface area contributed by atoms with Gasteiger partial charge in [0.1, 0.15) is 5.76 Å². The van der Waals surface area contributed by atoms with Crippen molar-refractivity contribution >= 4 is 34.0 Å². The smallest absolute Gasteiger partial charge is 0.303 e. The van der Waals surface area contributed by atoms with E-state index < -0.39 is 5.97 Å². The first kappa shape index (κ1) is 16.4. The maximum Gasteiger partial charge on any atom is 0.303 e. The number of hydrogen-bond acceptors (Lipinski definition) is 4. The van der Waals surface area contributed by atoms with Crippen LogP contribution in [0.25, 0.3) is 0 Å². The first-order valence-electron chi connectivity index (χ1n) is 6.37. The number of carboxylic acid groups (broad SMARTS) is 1. The largest absolute Gasteiger partial charge is 0.481 e. The molecule has 0 fully saturated rings. The first-order chi connectivity index (χ1) is 9.58. The molecule has 6 nitrogen and oxygen atoms in total. The number of furan rings is 1. The summed E-state index contributed by atoms with van der Waals surface area (Å²) in [4.78, 5) is 21.7. The number of carbonyl (C=O) groups excluding carboxylic acids is 1. The van der Waals surface area contributed by atoms with Gasteiger partial charge in [-0.05, 0) is 40.9 Å². The van der Waals surface area contributed by atoms with E-state index in [0.29, 0.717) is 23.3 Å². The number of halogens is 1. The van der Waals surface area contributed by atoms with E-state index in [1.165, 1.54) is 6.21 Å². The molecule has 0 atom stereocenters. The van der Waals surface area contributed by atoms with Crippen molar-refractivity contribution in [3.05, 3.63) is 22.6 Å². The zero-order chi connectivity index (χ0) is 14.8. The van der Waals surface area contributed by atoms with Gasteiger partial charge in [-0.1, -0.05) is 12.8 Å². The summed E-state index contributed by atoms with van der Waals surface area (Å²) in [6, 6.07) is 3.46. The lowest BCUT2D eigenvalue weighted by molar-refractivity contribution is -0.137. The standard InChI is InChI=1S/C13H17BrN2O4/c14-11-8-7-10(20-11)9-15-16-12(17)5-3-1-2-4-6-13(18)19/h7-9H,1-6H2,(H,16,17)(H,18,19)/b15-9+. The molecule has 0 aromatic carbocycles. The third-order valence-electron chi connectivity index (χ3n) is 2.52. The van der Waals surface area contributed by atoms with Gasteiger partial charge in [0.2, 0.25) is 5.91 Å². The molecule has 2 N–H and O–H groups in total. The molecule has 0 bridgehead atoms. The minimum absolute atomic E-state index is 0.162. The number of nitrogens with one attached hydrogen (secondary N) is 1. The molecular formula is C13H17BrN2O4. The average molecular weight is 345 g/mol. The van der Waals surface area contributed by atoms with Crippen LogP contribution >= 0.6 is 15.9 Å². The number of aliphatic carboxylic acids is 1. The van der Waals surface area contributed by atoms with E-state index >= 15 is 0 Å². The highest BCUT2D eigenvalue weighted by molar-refractivity contribution is 9.10. The lowest BCUT2D eigenvalue weighted by atomic mass is 10.1. The number of rotatable bonds is 9. The van der Waals surface area contributed by atoms with Crippen LogP contribution in [-0.4, -0.2) is 23.2 Å². The normalized spacial score (nSPS) is 10.8. The molecule has 0 aliphatic carbocycles. The van der Waals surface area contributed by atoms with Crippen molar-refractivity contribution in [2.75, 3.05) is 0 Å². The lowest BCUT2D eigenvalue weighted by Crippen LogP contribution is -2.16. The fourth-order valence-electron chi connectivity index (χ4n) is 1.54. The van der Waals surface area contributed by atoms with Gasteiger partial charge < -0.3 is 9.52 Å². The second kappa shape index (κ2) is 9.30. The molecule has 0 unspecified atom stereocenters. The van der Waals surface area contributed by atoms with Gasteiger partial charge in [0.25, 0.3) is 0 Å². The van der Waals surface area contributed by atoms with Crippen molar-refractivity contribution < 1.29 is 19.1 Å². The second-order valence-corrected chi connectivity index (χ2v) is 5.02. The molecule has 1 heterocycles. The van der Waals surface area contributed by atoms with Crippen LogP contribution in [0.5, 0.6) is 0 Å². The Morgan fingerprint density at radius 3 is 2.55 bits per heavy atom. The average Bonchev–Trinajstić information content (AvgIpc) is 2.79. The van der Waals surface area contributed by atoms with Gasteiger partial charge in [-0.3, -0.25) is 9.59 Å². The zero-order valence-corrected chi connectivity index (χ0v) is 12.6. The SMILES string of the molecule is O=C(O)CCCCCCC(=O)N/N=C/c1ccc(Br)o1. The number of unbranched alkanes of at least 4 members (excludes halogenated alkanes) is 3. The van der Waals surface area contributed by atoms with E-state index in [2.05, 4.69) is 26.5 Å².